The van der Waals surface area contributed by atoms with Crippen molar-refractivity contribution >= 4 is 11.9 Å². The molecule has 8 nitrogen and oxygen atoms in total. The fourth-order valence-electron chi connectivity index (χ4n) is 2.41. The number of rotatable bonds is 3. The molecule has 0 saturated heterocycles. The molecule has 3 heterocycles. The van der Waals surface area contributed by atoms with Gasteiger partial charge in [-0.15, -0.1) is 0 Å². The molecule has 0 radical (unpaired) electrons. The Labute approximate surface area is 126 Å². The van der Waals surface area contributed by atoms with Crippen LogP contribution in [0.5, 0.6) is 0 Å². The second-order valence-electron chi connectivity index (χ2n) is 4.96. The molecule has 1 aliphatic rings. The quantitative estimate of drug-likeness (QED) is 0.838. The van der Waals surface area contributed by atoms with E-state index in [0.717, 1.165) is 6.54 Å². The molecule has 0 unspecified atom stereocenters. The number of carbonyl (C=O) groups is 1. The Balaban J connectivity index is 1.77. The number of fused-ring (bicyclic) bond motifs is 1. The van der Waals surface area contributed by atoms with Crippen molar-refractivity contribution in [1.29, 1.82) is 0 Å². The highest BCUT2D eigenvalue weighted by molar-refractivity contribution is 5.93. The van der Waals surface area contributed by atoms with E-state index in [1.807, 2.05) is 6.92 Å². The summed E-state index contributed by atoms with van der Waals surface area (Å²) < 4.78 is 0. The van der Waals surface area contributed by atoms with Crippen LogP contribution in [0.2, 0.25) is 0 Å². The van der Waals surface area contributed by atoms with Crippen LogP contribution >= 0.6 is 0 Å². The van der Waals surface area contributed by atoms with E-state index in [9.17, 15) is 9.59 Å². The number of amides is 1. The molecular formula is C14H16N6O2. The molecule has 0 fully saturated rings. The zero-order valence-corrected chi connectivity index (χ0v) is 12.2. The van der Waals surface area contributed by atoms with Crippen molar-refractivity contribution in [2.45, 2.75) is 19.9 Å². The Morgan fingerprint density at radius 2 is 2.14 bits per heavy atom. The minimum Gasteiger partial charge on any atom is -0.355 e. The summed E-state index contributed by atoms with van der Waals surface area (Å²) in [6.07, 6.45) is 4.88. The first-order valence-electron chi connectivity index (χ1n) is 7.09. The summed E-state index contributed by atoms with van der Waals surface area (Å²) in [4.78, 5) is 40.7. The lowest BCUT2D eigenvalue weighted by molar-refractivity contribution is 0.0730. The van der Waals surface area contributed by atoms with E-state index in [1.165, 1.54) is 18.7 Å². The van der Waals surface area contributed by atoms with Crippen LogP contribution in [-0.4, -0.2) is 43.8 Å². The average Bonchev–Trinajstić information content (AvgIpc) is 2.55. The van der Waals surface area contributed by atoms with Crippen LogP contribution in [0.25, 0.3) is 0 Å². The van der Waals surface area contributed by atoms with Gasteiger partial charge in [-0.25, -0.2) is 15.0 Å². The van der Waals surface area contributed by atoms with Crippen LogP contribution in [0.15, 0.2) is 23.5 Å². The van der Waals surface area contributed by atoms with Crippen LogP contribution in [0.3, 0.4) is 0 Å². The molecule has 0 aromatic carbocycles. The number of H-pyrrole nitrogens is 1. The lowest BCUT2D eigenvalue weighted by atomic mass is 10.1. The third-order valence-corrected chi connectivity index (χ3v) is 3.53. The van der Waals surface area contributed by atoms with E-state index >= 15 is 0 Å². The van der Waals surface area contributed by atoms with Crippen LogP contribution < -0.4 is 10.9 Å². The molecular weight excluding hydrogens is 284 g/mol. The van der Waals surface area contributed by atoms with Crippen LogP contribution in [-0.2, 0) is 13.0 Å². The third kappa shape index (κ3) is 2.67. The maximum Gasteiger partial charge on any atom is 0.257 e. The summed E-state index contributed by atoms with van der Waals surface area (Å²) >= 11 is 0. The van der Waals surface area contributed by atoms with Gasteiger partial charge in [0.05, 0.1) is 24.1 Å². The van der Waals surface area contributed by atoms with Crippen molar-refractivity contribution in [1.82, 2.24) is 24.8 Å². The Morgan fingerprint density at radius 1 is 1.36 bits per heavy atom. The number of carbonyl (C=O) groups excluding carboxylic acids is 1. The molecule has 0 atom stereocenters. The van der Waals surface area contributed by atoms with Crippen molar-refractivity contribution < 1.29 is 4.79 Å². The number of hydrogen-bond donors (Lipinski definition) is 2. The predicted molar refractivity (Wildman–Crippen MR) is 79.5 cm³/mol. The molecule has 0 saturated carbocycles. The predicted octanol–water partition coefficient (Wildman–Crippen LogP) is 0.190. The molecule has 8 heteroatoms. The molecule has 2 aromatic rings. The molecule has 114 valence electrons. The van der Waals surface area contributed by atoms with Crippen molar-refractivity contribution in [3.63, 3.8) is 0 Å². The van der Waals surface area contributed by atoms with Gasteiger partial charge in [0.1, 0.15) is 0 Å². The third-order valence-electron chi connectivity index (χ3n) is 3.53. The van der Waals surface area contributed by atoms with Crippen LogP contribution in [0, 0.1) is 0 Å². The summed E-state index contributed by atoms with van der Waals surface area (Å²) in [7, 11) is 0. The summed E-state index contributed by atoms with van der Waals surface area (Å²) in [5, 5.41) is 2.98. The topological polar surface area (TPSA) is 104 Å². The van der Waals surface area contributed by atoms with E-state index in [2.05, 4.69) is 25.3 Å². The van der Waals surface area contributed by atoms with E-state index in [-0.39, 0.29) is 11.5 Å². The molecule has 0 bridgehead atoms. The van der Waals surface area contributed by atoms with Gasteiger partial charge in [0.2, 0.25) is 5.95 Å². The standard InChI is InChI=1S/C14H16N6O2/c1-2-15-14-16-5-9(6-17-14)13(22)20-4-3-10-11(7-20)18-8-19-12(10)21/h5-6,8H,2-4,7H2,1H3,(H,15,16,17)(H,18,19,21). The fraction of sp³-hybridized carbons (Fsp3) is 0.357. The van der Waals surface area contributed by atoms with Gasteiger partial charge in [-0.1, -0.05) is 0 Å². The normalized spacial score (nSPS) is 13.6. The molecule has 2 N–H and O–H groups in total. The minimum absolute atomic E-state index is 0.129. The maximum atomic E-state index is 12.5. The largest absolute Gasteiger partial charge is 0.355 e. The highest BCUT2D eigenvalue weighted by Crippen LogP contribution is 2.15. The molecule has 1 aliphatic heterocycles. The lowest BCUT2D eigenvalue weighted by Gasteiger charge is -2.27. The van der Waals surface area contributed by atoms with Crippen LogP contribution in [0.4, 0.5) is 5.95 Å². The summed E-state index contributed by atoms with van der Waals surface area (Å²) in [6, 6.07) is 0. The van der Waals surface area contributed by atoms with Gasteiger partial charge in [-0.05, 0) is 13.3 Å². The Morgan fingerprint density at radius 3 is 2.86 bits per heavy atom. The monoisotopic (exact) mass is 300 g/mol. The van der Waals surface area contributed by atoms with E-state index < -0.39 is 0 Å². The summed E-state index contributed by atoms with van der Waals surface area (Å²) in [6.45, 7) is 3.47. The molecule has 0 aliphatic carbocycles. The molecule has 0 spiro atoms. The SMILES string of the molecule is CCNc1ncc(C(=O)N2CCc3c(nc[nH]c3=O)C2)cn1. The second-order valence-corrected chi connectivity index (χ2v) is 4.96. The number of aromatic amines is 1. The van der Waals surface area contributed by atoms with Gasteiger partial charge in [0.15, 0.2) is 0 Å². The van der Waals surface area contributed by atoms with Gasteiger partial charge in [-0.2, -0.15) is 0 Å². The Bertz CT molecular complexity index is 740. The molecule has 1 amide bonds. The smallest absolute Gasteiger partial charge is 0.257 e. The maximum absolute atomic E-state index is 12.5. The highest BCUT2D eigenvalue weighted by atomic mass is 16.2. The lowest BCUT2D eigenvalue weighted by Crippen LogP contribution is -2.39. The van der Waals surface area contributed by atoms with Crippen molar-refractivity contribution in [2.24, 2.45) is 0 Å². The van der Waals surface area contributed by atoms with Crippen molar-refractivity contribution in [2.75, 3.05) is 18.4 Å². The van der Waals surface area contributed by atoms with E-state index in [0.29, 0.717) is 42.3 Å². The number of anilines is 1. The Kier molecular flexibility index (Phi) is 3.82. The molecule has 3 rings (SSSR count). The van der Waals surface area contributed by atoms with Crippen molar-refractivity contribution in [3.05, 3.63) is 45.9 Å². The number of aromatic nitrogens is 4. The zero-order chi connectivity index (χ0) is 15.5. The van der Waals surface area contributed by atoms with Crippen molar-refractivity contribution in [3.8, 4) is 0 Å². The van der Waals surface area contributed by atoms with Gasteiger partial charge in [0.25, 0.3) is 11.5 Å². The average molecular weight is 300 g/mol. The first-order chi connectivity index (χ1) is 10.7. The fourth-order valence-corrected chi connectivity index (χ4v) is 2.41. The summed E-state index contributed by atoms with van der Waals surface area (Å²) in [5.41, 5.74) is 1.60. The second kappa shape index (κ2) is 5.92. The highest BCUT2D eigenvalue weighted by Gasteiger charge is 2.24. The van der Waals surface area contributed by atoms with Gasteiger partial charge in [-0.3, -0.25) is 9.59 Å². The Hall–Kier alpha value is -2.77. The number of hydrogen-bond acceptors (Lipinski definition) is 6. The van der Waals surface area contributed by atoms with Crippen LogP contribution in [0.1, 0.15) is 28.5 Å². The van der Waals surface area contributed by atoms with Gasteiger partial charge >= 0.3 is 0 Å². The first kappa shape index (κ1) is 14.2. The first-order valence-corrected chi connectivity index (χ1v) is 7.09. The molecule has 22 heavy (non-hydrogen) atoms. The summed E-state index contributed by atoms with van der Waals surface area (Å²) in [5.74, 6) is 0.340. The van der Waals surface area contributed by atoms with E-state index in [1.54, 1.807) is 4.90 Å². The van der Waals surface area contributed by atoms with Gasteiger partial charge < -0.3 is 15.2 Å². The molecule has 2 aromatic heterocycles. The van der Waals surface area contributed by atoms with E-state index in [4.69, 9.17) is 0 Å². The van der Waals surface area contributed by atoms with Gasteiger partial charge in [0, 0.05) is 31.0 Å². The number of nitrogens with zero attached hydrogens (tertiary/aromatic N) is 4. The zero-order valence-electron chi connectivity index (χ0n) is 12.2. The number of nitrogens with one attached hydrogen (secondary N) is 2. The minimum atomic E-state index is -0.157.